The number of imidazole rings is 1. The van der Waals surface area contributed by atoms with E-state index in [0.717, 1.165) is 58.3 Å². The molecule has 0 aromatic carbocycles. The van der Waals surface area contributed by atoms with Gasteiger partial charge in [-0.2, -0.15) is 0 Å². The average Bonchev–Trinajstić information content (AvgIpc) is 3.16. The highest BCUT2D eigenvalue weighted by Gasteiger charge is 2.32. The van der Waals surface area contributed by atoms with E-state index in [0.29, 0.717) is 11.8 Å². The van der Waals surface area contributed by atoms with Gasteiger partial charge in [0.15, 0.2) is 0 Å². The number of aryl methyl sites for hydroxylation is 1. The quantitative estimate of drug-likeness (QED) is 0.795. The Morgan fingerprint density at radius 1 is 1.22 bits per heavy atom. The molecule has 0 radical (unpaired) electrons. The van der Waals surface area contributed by atoms with Crippen LogP contribution in [0.4, 0.5) is 0 Å². The van der Waals surface area contributed by atoms with Crippen LogP contribution in [0.3, 0.4) is 0 Å². The molecule has 1 saturated carbocycles. The number of carbonyl (C=O) groups excluding carboxylic acids is 1. The molecular formula is C21H37N5O. The second kappa shape index (κ2) is 9.69. The van der Waals surface area contributed by atoms with Crippen LogP contribution in [0.1, 0.15) is 63.1 Å². The molecule has 152 valence electrons. The SMILES string of the molecule is CN(C)CCCn1ccnc1C1CCN(C(=O)[C@H](N)C2CCCCC2)CC1. The zero-order chi connectivity index (χ0) is 19.2. The van der Waals surface area contributed by atoms with Crippen molar-refractivity contribution in [2.45, 2.75) is 69.9 Å². The fourth-order valence-electron chi connectivity index (χ4n) is 4.69. The molecule has 2 aliphatic rings. The molecule has 1 amide bonds. The van der Waals surface area contributed by atoms with Crippen molar-refractivity contribution in [3.63, 3.8) is 0 Å². The van der Waals surface area contributed by atoms with Crippen molar-refractivity contribution >= 4 is 5.91 Å². The average molecular weight is 376 g/mol. The van der Waals surface area contributed by atoms with Gasteiger partial charge in [0, 0.05) is 37.9 Å². The summed E-state index contributed by atoms with van der Waals surface area (Å²) < 4.78 is 2.30. The third-order valence-corrected chi connectivity index (χ3v) is 6.37. The van der Waals surface area contributed by atoms with Gasteiger partial charge in [0.25, 0.3) is 0 Å². The van der Waals surface area contributed by atoms with E-state index in [2.05, 4.69) is 34.7 Å². The maximum atomic E-state index is 12.8. The summed E-state index contributed by atoms with van der Waals surface area (Å²) in [7, 11) is 4.22. The maximum absolute atomic E-state index is 12.8. The van der Waals surface area contributed by atoms with Crippen LogP contribution in [0.25, 0.3) is 0 Å². The number of amides is 1. The second-order valence-corrected chi connectivity index (χ2v) is 8.66. The van der Waals surface area contributed by atoms with E-state index in [1.54, 1.807) is 0 Å². The first-order chi connectivity index (χ1) is 13.1. The van der Waals surface area contributed by atoms with E-state index in [9.17, 15) is 4.79 Å². The third kappa shape index (κ3) is 5.32. The number of nitrogens with two attached hydrogens (primary N) is 1. The van der Waals surface area contributed by atoms with Gasteiger partial charge in [-0.15, -0.1) is 0 Å². The lowest BCUT2D eigenvalue weighted by molar-refractivity contribution is -0.135. The van der Waals surface area contributed by atoms with Crippen LogP contribution in [0.15, 0.2) is 12.4 Å². The van der Waals surface area contributed by atoms with Gasteiger partial charge in [0.2, 0.25) is 5.91 Å². The Morgan fingerprint density at radius 3 is 2.59 bits per heavy atom. The van der Waals surface area contributed by atoms with Crippen molar-refractivity contribution in [2.24, 2.45) is 11.7 Å². The number of aromatic nitrogens is 2. The van der Waals surface area contributed by atoms with Crippen molar-refractivity contribution in [1.82, 2.24) is 19.4 Å². The number of rotatable bonds is 7. The molecule has 0 spiro atoms. The number of hydrogen-bond acceptors (Lipinski definition) is 4. The summed E-state index contributed by atoms with van der Waals surface area (Å²) in [5, 5.41) is 0. The van der Waals surface area contributed by atoms with Gasteiger partial charge < -0.3 is 20.1 Å². The van der Waals surface area contributed by atoms with E-state index in [1.165, 1.54) is 25.1 Å². The van der Waals surface area contributed by atoms with Crippen LogP contribution in [0, 0.1) is 5.92 Å². The molecule has 1 aliphatic heterocycles. The number of hydrogen-bond donors (Lipinski definition) is 1. The zero-order valence-corrected chi connectivity index (χ0v) is 17.1. The van der Waals surface area contributed by atoms with E-state index < -0.39 is 0 Å². The molecule has 1 aromatic heterocycles. The van der Waals surface area contributed by atoms with E-state index in [4.69, 9.17) is 5.73 Å². The van der Waals surface area contributed by atoms with Crippen LogP contribution >= 0.6 is 0 Å². The minimum Gasteiger partial charge on any atom is -0.341 e. The van der Waals surface area contributed by atoms with Gasteiger partial charge in [0.1, 0.15) is 5.82 Å². The second-order valence-electron chi connectivity index (χ2n) is 8.66. The summed E-state index contributed by atoms with van der Waals surface area (Å²) in [4.78, 5) is 21.7. The Balaban J connectivity index is 1.50. The Kier molecular flexibility index (Phi) is 7.30. The first kappa shape index (κ1) is 20.3. The zero-order valence-electron chi connectivity index (χ0n) is 17.1. The predicted molar refractivity (Wildman–Crippen MR) is 109 cm³/mol. The van der Waals surface area contributed by atoms with Crippen molar-refractivity contribution in [1.29, 1.82) is 0 Å². The molecule has 2 fully saturated rings. The smallest absolute Gasteiger partial charge is 0.239 e. The molecule has 6 nitrogen and oxygen atoms in total. The molecule has 1 atom stereocenters. The Morgan fingerprint density at radius 2 is 1.93 bits per heavy atom. The van der Waals surface area contributed by atoms with Gasteiger partial charge in [0.05, 0.1) is 6.04 Å². The first-order valence-corrected chi connectivity index (χ1v) is 10.8. The molecule has 0 bridgehead atoms. The van der Waals surface area contributed by atoms with Crippen LogP contribution in [0.5, 0.6) is 0 Å². The summed E-state index contributed by atoms with van der Waals surface area (Å²) in [6.07, 6.45) is 13.1. The molecule has 27 heavy (non-hydrogen) atoms. The largest absolute Gasteiger partial charge is 0.341 e. The third-order valence-electron chi connectivity index (χ3n) is 6.37. The number of piperidine rings is 1. The predicted octanol–water partition coefficient (Wildman–Crippen LogP) is 2.45. The minimum atomic E-state index is -0.296. The fourth-order valence-corrected chi connectivity index (χ4v) is 4.69. The van der Waals surface area contributed by atoms with Crippen molar-refractivity contribution in [3.8, 4) is 0 Å². The minimum absolute atomic E-state index is 0.176. The van der Waals surface area contributed by atoms with Crippen LogP contribution < -0.4 is 5.73 Å². The molecule has 0 unspecified atom stereocenters. The molecule has 2 N–H and O–H groups in total. The van der Waals surface area contributed by atoms with Crippen molar-refractivity contribution < 1.29 is 4.79 Å². The summed E-state index contributed by atoms with van der Waals surface area (Å²) in [5.74, 6) is 2.21. The molecule has 6 heteroatoms. The van der Waals surface area contributed by atoms with Crippen LogP contribution in [-0.4, -0.2) is 65.0 Å². The monoisotopic (exact) mass is 375 g/mol. The summed E-state index contributed by atoms with van der Waals surface area (Å²) >= 11 is 0. The highest BCUT2D eigenvalue weighted by molar-refractivity contribution is 5.82. The van der Waals surface area contributed by atoms with Crippen LogP contribution in [-0.2, 0) is 11.3 Å². The molecule has 1 saturated heterocycles. The number of nitrogens with zero attached hydrogens (tertiary/aromatic N) is 4. The lowest BCUT2D eigenvalue weighted by atomic mass is 9.83. The van der Waals surface area contributed by atoms with Gasteiger partial charge in [-0.05, 0) is 58.7 Å². The molecule has 1 aliphatic carbocycles. The van der Waals surface area contributed by atoms with Crippen LogP contribution in [0.2, 0.25) is 0 Å². The Hall–Kier alpha value is -1.40. The Bertz CT molecular complexity index is 585. The topological polar surface area (TPSA) is 67.4 Å². The normalized spacial score (nSPS) is 21.0. The maximum Gasteiger partial charge on any atom is 0.239 e. The van der Waals surface area contributed by atoms with Gasteiger partial charge in [-0.25, -0.2) is 4.98 Å². The van der Waals surface area contributed by atoms with Gasteiger partial charge in [-0.1, -0.05) is 19.3 Å². The molecule has 2 heterocycles. The molecule has 1 aromatic rings. The van der Waals surface area contributed by atoms with E-state index in [1.807, 2.05) is 11.1 Å². The molecular weight excluding hydrogens is 338 g/mol. The highest BCUT2D eigenvalue weighted by Crippen LogP contribution is 2.30. The van der Waals surface area contributed by atoms with E-state index in [-0.39, 0.29) is 11.9 Å². The Labute approximate surface area is 164 Å². The summed E-state index contributed by atoms with van der Waals surface area (Å²) in [5.41, 5.74) is 6.34. The number of carbonyl (C=O) groups is 1. The van der Waals surface area contributed by atoms with E-state index >= 15 is 0 Å². The summed E-state index contributed by atoms with van der Waals surface area (Å²) in [6.45, 7) is 3.73. The summed E-state index contributed by atoms with van der Waals surface area (Å²) in [6, 6.07) is -0.296. The lowest BCUT2D eigenvalue weighted by Crippen LogP contribution is -2.50. The first-order valence-electron chi connectivity index (χ1n) is 10.8. The standard InChI is InChI=1S/C21H37N5O/c1-24(2)12-6-13-25-16-11-23-20(25)18-9-14-26(15-10-18)21(27)19(22)17-7-4-3-5-8-17/h11,16-19H,3-10,12-15,22H2,1-2H3/t19-/m1/s1. The van der Waals surface area contributed by atoms with Crippen molar-refractivity contribution in [3.05, 3.63) is 18.2 Å². The van der Waals surface area contributed by atoms with Crippen molar-refractivity contribution in [2.75, 3.05) is 33.7 Å². The van der Waals surface area contributed by atoms with Gasteiger partial charge in [-0.3, -0.25) is 4.79 Å². The van der Waals surface area contributed by atoms with Gasteiger partial charge >= 0.3 is 0 Å². The fraction of sp³-hybridized carbons (Fsp3) is 0.810. The number of likely N-dealkylation sites (tertiary alicyclic amines) is 1. The highest BCUT2D eigenvalue weighted by atomic mass is 16.2. The molecule has 3 rings (SSSR count). The lowest BCUT2D eigenvalue weighted by Gasteiger charge is -2.36.